The zero-order valence-electron chi connectivity index (χ0n) is 12.5. The Hall–Kier alpha value is -1.68. The first kappa shape index (κ1) is 15.8. The molecule has 0 spiro atoms. The molecule has 4 rings (SSSR count). The molecular weight excluding hydrogens is 369 g/mol. The van der Waals surface area contributed by atoms with Gasteiger partial charge in [-0.05, 0) is 36.8 Å². The Morgan fingerprint density at radius 2 is 1.83 bits per heavy atom. The van der Waals surface area contributed by atoms with E-state index in [1.165, 1.54) is 0 Å². The molecule has 1 aromatic heterocycles. The predicted molar refractivity (Wildman–Crippen MR) is 98.7 cm³/mol. The number of benzene rings is 2. The van der Waals surface area contributed by atoms with Gasteiger partial charge in [-0.1, -0.05) is 40.9 Å². The average Bonchev–Trinajstić information content (AvgIpc) is 2.58. The molecule has 24 heavy (non-hydrogen) atoms. The summed E-state index contributed by atoms with van der Waals surface area (Å²) >= 11 is 18.3. The molecule has 3 aromatic rings. The largest absolute Gasteiger partial charge is 0.457 e. The minimum Gasteiger partial charge on any atom is -0.457 e. The first-order valence-corrected chi connectivity index (χ1v) is 8.61. The lowest BCUT2D eigenvalue weighted by Gasteiger charge is -2.29. The highest BCUT2D eigenvalue weighted by Crippen LogP contribution is 2.31. The van der Waals surface area contributed by atoms with Gasteiger partial charge in [0.25, 0.3) is 0 Å². The number of para-hydroxylation sites is 1. The van der Waals surface area contributed by atoms with E-state index in [1.54, 1.807) is 24.3 Å². The van der Waals surface area contributed by atoms with Crippen LogP contribution in [0.5, 0.6) is 0 Å². The van der Waals surface area contributed by atoms with Gasteiger partial charge in [0.1, 0.15) is 5.76 Å². The lowest BCUT2D eigenvalue weighted by molar-refractivity contribution is 0.498. The van der Waals surface area contributed by atoms with Crippen LogP contribution in [0.4, 0.5) is 5.69 Å². The molecule has 6 heteroatoms. The quantitative estimate of drug-likeness (QED) is 0.573. The highest BCUT2D eigenvalue weighted by atomic mass is 35.5. The van der Waals surface area contributed by atoms with Crippen molar-refractivity contribution in [3.8, 4) is 0 Å². The van der Waals surface area contributed by atoms with Crippen LogP contribution in [0, 0.1) is 0 Å². The number of anilines is 1. The van der Waals surface area contributed by atoms with E-state index in [9.17, 15) is 4.79 Å². The third kappa shape index (κ3) is 2.57. The zero-order valence-corrected chi connectivity index (χ0v) is 14.8. The second-order valence-corrected chi connectivity index (χ2v) is 6.94. The first-order chi connectivity index (χ1) is 11.5. The third-order valence-corrected chi connectivity index (χ3v) is 5.32. The van der Waals surface area contributed by atoms with E-state index < -0.39 is 0 Å². The lowest BCUT2D eigenvalue weighted by atomic mass is 10.0. The van der Waals surface area contributed by atoms with Crippen molar-refractivity contribution in [2.24, 2.45) is 0 Å². The van der Waals surface area contributed by atoms with Crippen LogP contribution in [0.15, 0.2) is 45.6 Å². The van der Waals surface area contributed by atoms with Crippen LogP contribution in [0.25, 0.3) is 11.0 Å². The highest BCUT2D eigenvalue weighted by molar-refractivity contribution is 6.42. The van der Waals surface area contributed by atoms with Crippen molar-refractivity contribution < 1.29 is 4.42 Å². The summed E-state index contributed by atoms with van der Waals surface area (Å²) in [5, 5.41) is 1.99. The molecule has 0 saturated heterocycles. The number of fused-ring (bicyclic) bond motifs is 2. The number of nitrogens with zero attached hydrogens (tertiary/aromatic N) is 1. The molecule has 0 unspecified atom stereocenters. The summed E-state index contributed by atoms with van der Waals surface area (Å²) in [6, 6.07) is 10.7. The van der Waals surface area contributed by atoms with Gasteiger partial charge in [0.2, 0.25) is 0 Å². The molecule has 0 atom stereocenters. The van der Waals surface area contributed by atoms with E-state index in [0.29, 0.717) is 51.3 Å². The Balaban J connectivity index is 1.80. The molecule has 2 heterocycles. The maximum atomic E-state index is 12.7. The van der Waals surface area contributed by atoms with Crippen molar-refractivity contribution in [1.82, 2.24) is 0 Å². The minimum atomic E-state index is 0.00235. The Bertz CT molecular complexity index is 1010. The monoisotopic (exact) mass is 379 g/mol. The number of rotatable bonds is 1. The van der Waals surface area contributed by atoms with Gasteiger partial charge < -0.3 is 9.32 Å². The second-order valence-electron chi connectivity index (χ2n) is 5.72. The molecule has 0 fully saturated rings. The number of halogens is 3. The van der Waals surface area contributed by atoms with Crippen molar-refractivity contribution in [3.63, 3.8) is 0 Å². The van der Waals surface area contributed by atoms with Gasteiger partial charge in [0, 0.05) is 17.8 Å². The fraction of sp³-hybridized carbons (Fsp3) is 0.167. The van der Waals surface area contributed by atoms with Crippen molar-refractivity contribution in [2.45, 2.75) is 13.0 Å². The fourth-order valence-electron chi connectivity index (χ4n) is 3.05. The van der Waals surface area contributed by atoms with Crippen molar-refractivity contribution >= 4 is 51.5 Å². The Labute approximate surface area is 153 Å². The topological polar surface area (TPSA) is 33.5 Å². The van der Waals surface area contributed by atoms with Crippen LogP contribution >= 0.6 is 34.8 Å². The fourth-order valence-corrected chi connectivity index (χ4v) is 3.55. The van der Waals surface area contributed by atoms with Gasteiger partial charge >= 0.3 is 0 Å². The molecule has 0 bridgehead atoms. The molecule has 1 aliphatic rings. The molecule has 0 aliphatic carbocycles. The van der Waals surface area contributed by atoms with Gasteiger partial charge in [-0.15, -0.1) is 0 Å². The minimum absolute atomic E-state index is 0.00235. The van der Waals surface area contributed by atoms with Crippen LogP contribution in [-0.2, 0) is 13.0 Å². The van der Waals surface area contributed by atoms with Crippen LogP contribution < -0.4 is 10.3 Å². The van der Waals surface area contributed by atoms with E-state index in [-0.39, 0.29) is 5.43 Å². The number of hydrogen-bond donors (Lipinski definition) is 0. The summed E-state index contributed by atoms with van der Waals surface area (Å²) in [4.78, 5) is 14.8. The summed E-state index contributed by atoms with van der Waals surface area (Å²) in [5.41, 5.74) is 2.11. The first-order valence-electron chi connectivity index (χ1n) is 7.47. The molecule has 2 aromatic carbocycles. The molecule has 3 nitrogen and oxygen atoms in total. The smallest absolute Gasteiger partial charge is 0.196 e. The van der Waals surface area contributed by atoms with Crippen LogP contribution in [0.3, 0.4) is 0 Å². The molecule has 122 valence electrons. The second kappa shape index (κ2) is 5.99. The van der Waals surface area contributed by atoms with Gasteiger partial charge in [0.05, 0.1) is 27.0 Å². The summed E-state index contributed by atoms with van der Waals surface area (Å²) in [6.45, 7) is 1.20. The summed E-state index contributed by atoms with van der Waals surface area (Å²) in [6.07, 6.45) is 0.611. The molecule has 0 saturated carbocycles. The van der Waals surface area contributed by atoms with Gasteiger partial charge in [-0.3, -0.25) is 4.79 Å². The van der Waals surface area contributed by atoms with Crippen molar-refractivity contribution in [3.05, 3.63) is 73.0 Å². The summed E-state index contributed by atoms with van der Waals surface area (Å²) in [5.74, 6) is 0.651. The average molecular weight is 381 g/mol. The number of hydrogen-bond acceptors (Lipinski definition) is 3. The van der Waals surface area contributed by atoms with Crippen molar-refractivity contribution in [2.75, 3.05) is 11.4 Å². The predicted octanol–water partition coefficient (Wildman–Crippen LogP) is 5.32. The van der Waals surface area contributed by atoms with Gasteiger partial charge in [0.15, 0.2) is 11.0 Å². The Morgan fingerprint density at radius 3 is 2.62 bits per heavy atom. The SMILES string of the molecule is O=c1c2c(oc3c(Cl)cccc13)CN(c1ccc(Cl)c(Cl)c1)CC2. The lowest BCUT2D eigenvalue weighted by Crippen LogP contribution is -2.33. The Morgan fingerprint density at radius 1 is 1.00 bits per heavy atom. The standard InChI is InChI=1S/C18H12Cl3NO2/c19-13-5-4-10(8-15(13)21)22-7-6-11-16(9-22)24-18-12(17(11)23)2-1-3-14(18)20/h1-5,8H,6-7,9H2. The van der Waals surface area contributed by atoms with Gasteiger partial charge in [-0.2, -0.15) is 0 Å². The maximum Gasteiger partial charge on any atom is 0.196 e. The summed E-state index contributed by atoms with van der Waals surface area (Å²) in [7, 11) is 0. The van der Waals surface area contributed by atoms with E-state index >= 15 is 0 Å². The molecule has 0 radical (unpaired) electrons. The van der Waals surface area contributed by atoms with E-state index in [4.69, 9.17) is 39.2 Å². The molecular formula is C18H12Cl3NO2. The molecule has 0 amide bonds. The molecule has 0 N–H and O–H groups in total. The Kier molecular flexibility index (Phi) is 3.95. The highest BCUT2D eigenvalue weighted by Gasteiger charge is 2.23. The maximum absolute atomic E-state index is 12.7. The van der Waals surface area contributed by atoms with Crippen LogP contribution in [-0.4, -0.2) is 6.54 Å². The van der Waals surface area contributed by atoms with Gasteiger partial charge in [-0.25, -0.2) is 0 Å². The summed E-state index contributed by atoms with van der Waals surface area (Å²) < 4.78 is 5.97. The van der Waals surface area contributed by atoms with E-state index in [0.717, 1.165) is 11.3 Å². The van der Waals surface area contributed by atoms with Crippen LogP contribution in [0.2, 0.25) is 15.1 Å². The third-order valence-electron chi connectivity index (χ3n) is 4.28. The van der Waals surface area contributed by atoms with Crippen LogP contribution in [0.1, 0.15) is 11.3 Å². The zero-order chi connectivity index (χ0) is 16.8. The normalized spacial score (nSPS) is 14.0. The van der Waals surface area contributed by atoms with E-state index in [1.807, 2.05) is 12.1 Å². The molecule has 1 aliphatic heterocycles. The van der Waals surface area contributed by atoms with Crippen molar-refractivity contribution in [1.29, 1.82) is 0 Å². The van der Waals surface area contributed by atoms with E-state index in [2.05, 4.69) is 4.90 Å².